The maximum atomic E-state index is 2.45. The molecule has 0 N–H and O–H groups in total. The van der Waals surface area contributed by atoms with Gasteiger partial charge in [0.25, 0.3) is 0 Å². The maximum absolute atomic E-state index is 2.45. The summed E-state index contributed by atoms with van der Waals surface area (Å²) in [6, 6.07) is 0. The van der Waals surface area contributed by atoms with E-state index in [2.05, 4.69) is 34.6 Å². The molecule has 0 saturated heterocycles. The SMILES string of the molecule is CCC(C)CCCCC(C)CCC(CC)CC. The van der Waals surface area contributed by atoms with E-state index in [1.165, 1.54) is 57.8 Å². The average molecular weight is 240 g/mol. The van der Waals surface area contributed by atoms with Crippen LogP contribution in [0.4, 0.5) is 0 Å². The smallest absolute Gasteiger partial charge is 0.0419 e. The highest BCUT2D eigenvalue weighted by Gasteiger charge is 2.08. The van der Waals surface area contributed by atoms with Crippen LogP contribution in [0.15, 0.2) is 0 Å². The zero-order valence-electron chi connectivity index (χ0n) is 13.1. The normalized spacial score (nSPS) is 15.2. The van der Waals surface area contributed by atoms with Gasteiger partial charge >= 0.3 is 0 Å². The Morgan fingerprint density at radius 3 is 1.59 bits per heavy atom. The number of hydrogen-bond donors (Lipinski definition) is 0. The van der Waals surface area contributed by atoms with Crippen molar-refractivity contribution in [1.82, 2.24) is 0 Å². The summed E-state index contributed by atoms with van der Waals surface area (Å²) in [5, 5.41) is 0. The van der Waals surface area contributed by atoms with Gasteiger partial charge in [0.1, 0.15) is 0 Å². The summed E-state index contributed by atoms with van der Waals surface area (Å²) in [4.78, 5) is 0. The lowest BCUT2D eigenvalue weighted by atomic mass is 9.90. The van der Waals surface area contributed by atoms with Gasteiger partial charge in [-0.25, -0.2) is 0 Å². The van der Waals surface area contributed by atoms with Crippen molar-refractivity contribution >= 4 is 0 Å². The predicted octanol–water partition coefficient (Wildman–Crippen LogP) is 6.45. The lowest BCUT2D eigenvalue weighted by Gasteiger charge is -2.16. The minimum Gasteiger partial charge on any atom is -0.0651 e. The van der Waals surface area contributed by atoms with Crippen LogP contribution in [0.1, 0.15) is 92.4 Å². The van der Waals surface area contributed by atoms with Crippen molar-refractivity contribution in [3.05, 3.63) is 0 Å². The summed E-state index contributed by atoms with van der Waals surface area (Å²) < 4.78 is 0. The van der Waals surface area contributed by atoms with Crippen molar-refractivity contribution in [3.8, 4) is 0 Å². The van der Waals surface area contributed by atoms with E-state index in [0.29, 0.717) is 0 Å². The van der Waals surface area contributed by atoms with Crippen LogP contribution in [0.3, 0.4) is 0 Å². The Kier molecular flexibility index (Phi) is 11.1. The Balaban J connectivity index is 3.43. The first-order chi connectivity index (χ1) is 8.13. The molecule has 104 valence electrons. The van der Waals surface area contributed by atoms with Gasteiger partial charge in [0.15, 0.2) is 0 Å². The molecule has 2 unspecified atom stereocenters. The molecule has 0 rings (SSSR count). The molecule has 0 aromatic carbocycles. The molecular formula is C17H36. The molecular weight excluding hydrogens is 204 g/mol. The number of hydrogen-bond acceptors (Lipinski definition) is 0. The van der Waals surface area contributed by atoms with E-state index in [4.69, 9.17) is 0 Å². The first kappa shape index (κ1) is 17.0. The fraction of sp³-hybridized carbons (Fsp3) is 1.00. The van der Waals surface area contributed by atoms with E-state index >= 15 is 0 Å². The first-order valence-corrected chi connectivity index (χ1v) is 8.13. The highest BCUT2D eigenvalue weighted by molar-refractivity contribution is 4.60. The van der Waals surface area contributed by atoms with Crippen LogP contribution in [0.25, 0.3) is 0 Å². The molecule has 0 amide bonds. The van der Waals surface area contributed by atoms with Crippen LogP contribution in [0, 0.1) is 17.8 Å². The van der Waals surface area contributed by atoms with Gasteiger partial charge in [-0.2, -0.15) is 0 Å². The predicted molar refractivity (Wildman–Crippen MR) is 80.4 cm³/mol. The third-order valence-electron chi connectivity index (χ3n) is 4.56. The van der Waals surface area contributed by atoms with Crippen LogP contribution in [-0.2, 0) is 0 Å². The van der Waals surface area contributed by atoms with Crippen LogP contribution in [0.5, 0.6) is 0 Å². The molecule has 0 heterocycles. The third-order valence-corrected chi connectivity index (χ3v) is 4.56. The highest BCUT2D eigenvalue weighted by atomic mass is 14.1. The zero-order chi connectivity index (χ0) is 13.1. The Bertz CT molecular complexity index is 146. The van der Waals surface area contributed by atoms with Crippen molar-refractivity contribution in [3.63, 3.8) is 0 Å². The van der Waals surface area contributed by atoms with E-state index < -0.39 is 0 Å². The Hall–Kier alpha value is 0. The molecule has 0 aromatic heterocycles. The largest absolute Gasteiger partial charge is 0.0651 e. The van der Waals surface area contributed by atoms with Crippen molar-refractivity contribution in [1.29, 1.82) is 0 Å². The molecule has 0 spiro atoms. The van der Waals surface area contributed by atoms with Gasteiger partial charge in [0.05, 0.1) is 0 Å². The van der Waals surface area contributed by atoms with E-state index in [1.54, 1.807) is 0 Å². The van der Waals surface area contributed by atoms with E-state index in [-0.39, 0.29) is 0 Å². The van der Waals surface area contributed by atoms with Crippen LogP contribution in [0.2, 0.25) is 0 Å². The quantitative estimate of drug-likeness (QED) is 0.364. The van der Waals surface area contributed by atoms with Crippen LogP contribution < -0.4 is 0 Å². The van der Waals surface area contributed by atoms with Gasteiger partial charge in [0.2, 0.25) is 0 Å². The van der Waals surface area contributed by atoms with Crippen molar-refractivity contribution in [2.45, 2.75) is 92.4 Å². The molecule has 0 aliphatic rings. The Morgan fingerprint density at radius 1 is 0.588 bits per heavy atom. The monoisotopic (exact) mass is 240 g/mol. The fourth-order valence-electron chi connectivity index (χ4n) is 2.55. The van der Waals surface area contributed by atoms with Crippen molar-refractivity contribution in [2.75, 3.05) is 0 Å². The minimum absolute atomic E-state index is 0.940. The molecule has 0 saturated carbocycles. The number of unbranched alkanes of at least 4 members (excludes halogenated alkanes) is 1. The van der Waals surface area contributed by atoms with E-state index in [1.807, 2.05) is 0 Å². The van der Waals surface area contributed by atoms with E-state index in [0.717, 1.165) is 17.8 Å². The molecule has 0 bridgehead atoms. The van der Waals surface area contributed by atoms with Crippen LogP contribution >= 0.6 is 0 Å². The molecule has 0 nitrogen and oxygen atoms in total. The molecule has 0 radical (unpaired) electrons. The summed E-state index contributed by atoms with van der Waals surface area (Å²) in [6.07, 6.45) is 12.8. The molecule has 0 aromatic rings. The Morgan fingerprint density at radius 2 is 1.12 bits per heavy atom. The average Bonchev–Trinajstić information content (AvgIpc) is 2.35. The summed E-state index contributed by atoms with van der Waals surface area (Å²) in [5.41, 5.74) is 0. The standard InChI is InChI=1S/C17H36/c1-6-15(4)11-9-10-12-16(5)13-14-17(7-2)8-3/h15-17H,6-14H2,1-5H3. The number of rotatable bonds is 11. The maximum Gasteiger partial charge on any atom is -0.0419 e. The molecule has 0 aliphatic carbocycles. The minimum atomic E-state index is 0.940. The van der Waals surface area contributed by atoms with Gasteiger partial charge in [-0.1, -0.05) is 92.4 Å². The summed E-state index contributed by atoms with van der Waals surface area (Å²) in [7, 11) is 0. The molecule has 17 heavy (non-hydrogen) atoms. The summed E-state index contributed by atoms with van der Waals surface area (Å²) in [5.74, 6) is 2.87. The second-order valence-electron chi connectivity index (χ2n) is 6.16. The molecule has 0 heteroatoms. The van der Waals surface area contributed by atoms with Gasteiger partial charge in [-0.15, -0.1) is 0 Å². The van der Waals surface area contributed by atoms with Gasteiger partial charge in [0, 0.05) is 0 Å². The third kappa shape index (κ3) is 9.68. The summed E-state index contributed by atoms with van der Waals surface area (Å²) >= 11 is 0. The van der Waals surface area contributed by atoms with E-state index in [9.17, 15) is 0 Å². The topological polar surface area (TPSA) is 0 Å². The van der Waals surface area contributed by atoms with Gasteiger partial charge in [-0.3, -0.25) is 0 Å². The molecule has 0 aliphatic heterocycles. The highest BCUT2D eigenvalue weighted by Crippen LogP contribution is 2.22. The molecule has 0 fully saturated rings. The van der Waals surface area contributed by atoms with Crippen molar-refractivity contribution in [2.24, 2.45) is 17.8 Å². The zero-order valence-corrected chi connectivity index (χ0v) is 13.1. The fourth-order valence-corrected chi connectivity index (χ4v) is 2.55. The van der Waals surface area contributed by atoms with Crippen molar-refractivity contribution < 1.29 is 0 Å². The van der Waals surface area contributed by atoms with Gasteiger partial charge in [-0.05, 0) is 17.8 Å². The first-order valence-electron chi connectivity index (χ1n) is 8.13. The van der Waals surface area contributed by atoms with Crippen LogP contribution in [-0.4, -0.2) is 0 Å². The molecule has 2 atom stereocenters. The Labute approximate surface area is 111 Å². The lowest BCUT2D eigenvalue weighted by molar-refractivity contribution is 0.365. The lowest BCUT2D eigenvalue weighted by Crippen LogP contribution is -2.02. The summed E-state index contributed by atoms with van der Waals surface area (Å²) in [6.45, 7) is 11.8. The second-order valence-corrected chi connectivity index (χ2v) is 6.16. The van der Waals surface area contributed by atoms with Gasteiger partial charge < -0.3 is 0 Å². The second kappa shape index (κ2) is 11.1.